The summed E-state index contributed by atoms with van der Waals surface area (Å²) in [7, 11) is 1.86. The molecule has 0 aromatic rings. The Kier molecular flexibility index (Phi) is 4.58. The van der Waals surface area contributed by atoms with E-state index in [1.54, 1.807) is 0 Å². The van der Waals surface area contributed by atoms with E-state index in [9.17, 15) is 4.79 Å². The van der Waals surface area contributed by atoms with Gasteiger partial charge in [0.05, 0.1) is 0 Å². The number of carbonyl (C=O) groups is 1. The third-order valence-corrected chi connectivity index (χ3v) is 9.67. The summed E-state index contributed by atoms with van der Waals surface area (Å²) in [6.07, 6.45) is 12.2. The zero-order chi connectivity index (χ0) is 17.8. The minimum Gasteiger partial charge on any atom is -0.384 e. The van der Waals surface area contributed by atoms with Crippen molar-refractivity contribution in [1.82, 2.24) is 0 Å². The molecule has 0 aliphatic heterocycles. The van der Waals surface area contributed by atoms with Crippen molar-refractivity contribution in [3.63, 3.8) is 0 Å². The first kappa shape index (κ1) is 18.0. The molecule has 4 aliphatic rings. The van der Waals surface area contributed by atoms with Gasteiger partial charge >= 0.3 is 0 Å². The molecular formula is C23H38O2. The van der Waals surface area contributed by atoms with Crippen LogP contribution in [-0.2, 0) is 9.53 Å². The molecule has 7 unspecified atom stereocenters. The third-order valence-electron chi connectivity index (χ3n) is 9.67. The quantitative estimate of drug-likeness (QED) is 0.675. The molecule has 8 atom stereocenters. The minimum absolute atomic E-state index is 0.309. The van der Waals surface area contributed by atoms with Crippen molar-refractivity contribution in [1.29, 1.82) is 0 Å². The highest BCUT2D eigenvalue weighted by molar-refractivity contribution is 5.79. The van der Waals surface area contributed by atoms with Crippen molar-refractivity contribution in [2.45, 2.75) is 78.6 Å². The Morgan fingerprint density at radius 1 is 0.960 bits per heavy atom. The Morgan fingerprint density at radius 2 is 1.68 bits per heavy atom. The van der Waals surface area contributed by atoms with E-state index in [2.05, 4.69) is 13.8 Å². The van der Waals surface area contributed by atoms with Gasteiger partial charge in [-0.3, -0.25) is 4.79 Å². The third kappa shape index (κ3) is 2.65. The Hall–Kier alpha value is -0.370. The van der Waals surface area contributed by atoms with Crippen molar-refractivity contribution >= 4 is 5.78 Å². The molecular weight excluding hydrogens is 308 g/mol. The fourth-order valence-corrected chi connectivity index (χ4v) is 8.40. The first-order valence-corrected chi connectivity index (χ1v) is 10.9. The van der Waals surface area contributed by atoms with Crippen LogP contribution in [0.25, 0.3) is 0 Å². The number of ether oxygens (including phenoxy) is 1. The molecule has 0 aromatic carbocycles. The van der Waals surface area contributed by atoms with Crippen LogP contribution in [0.3, 0.4) is 0 Å². The van der Waals surface area contributed by atoms with E-state index in [1.807, 2.05) is 14.0 Å². The first-order chi connectivity index (χ1) is 11.9. The highest BCUT2D eigenvalue weighted by Gasteiger charge is 2.60. The second kappa shape index (κ2) is 6.36. The number of carbonyl (C=O) groups excluding carboxylic acids is 1. The molecule has 25 heavy (non-hydrogen) atoms. The standard InChI is InChI=1S/C23H38O2/c1-15(24)19-7-8-20-18-6-5-17-13-16(14-25-4)9-11-22(17,2)21(18)10-12-23(19,20)3/h16-21H,5-14H2,1-4H3/t16?,17?,18?,19-,20?,21?,22?,23?/m1/s1. The SMILES string of the molecule is COCC1CCC2(C)C(CCC3C2CCC2(C)C3CC[C@@H]2C(C)=O)C1. The van der Waals surface area contributed by atoms with Gasteiger partial charge in [0.2, 0.25) is 0 Å². The summed E-state index contributed by atoms with van der Waals surface area (Å²) in [5, 5.41) is 0. The summed E-state index contributed by atoms with van der Waals surface area (Å²) < 4.78 is 5.47. The van der Waals surface area contributed by atoms with Crippen LogP contribution in [-0.4, -0.2) is 19.5 Å². The number of hydrogen-bond acceptors (Lipinski definition) is 2. The van der Waals surface area contributed by atoms with Gasteiger partial charge in [-0.05, 0) is 105 Å². The number of rotatable bonds is 3. The van der Waals surface area contributed by atoms with E-state index < -0.39 is 0 Å². The van der Waals surface area contributed by atoms with Crippen LogP contribution in [0.1, 0.15) is 78.6 Å². The van der Waals surface area contributed by atoms with E-state index in [4.69, 9.17) is 4.74 Å². The van der Waals surface area contributed by atoms with Gasteiger partial charge in [-0.1, -0.05) is 13.8 Å². The number of methoxy groups -OCH3 is 1. The number of fused-ring (bicyclic) bond motifs is 5. The summed E-state index contributed by atoms with van der Waals surface area (Å²) in [6, 6.07) is 0. The molecule has 4 saturated carbocycles. The molecule has 2 nitrogen and oxygen atoms in total. The van der Waals surface area contributed by atoms with Crippen LogP contribution in [0.4, 0.5) is 0 Å². The fraction of sp³-hybridized carbons (Fsp3) is 0.957. The Labute approximate surface area is 154 Å². The molecule has 0 N–H and O–H groups in total. The van der Waals surface area contributed by atoms with E-state index in [-0.39, 0.29) is 0 Å². The van der Waals surface area contributed by atoms with Crippen molar-refractivity contribution in [3.8, 4) is 0 Å². The average molecular weight is 347 g/mol. The van der Waals surface area contributed by atoms with E-state index >= 15 is 0 Å². The molecule has 4 fully saturated rings. The molecule has 0 aromatic heterocycles. The molecule has 4 aliphatic carbocycles. The largest absolute Gasteiger partial charge is 0.384 e. The number of hydrogen-bond donors (Lipinski definition) is 0. The van der Waals surface area contributed by atoms with E-state index in [1.165, 1.54) is 51.4 Å². The van der Waals surface area contributed by atoms with Gasteiger partial charge in [-0.15, -0.1) is 0 Å². The van der Waals surface area contributed by atoms with E-state index in [0.29, 0.717) is 22.5 Å². The Bertz CT molecular complexity index is 528. The lowest BCUT2D eigenvalue weighted by atomic mass is 9.44. The number of ketones is 1. The lowest BCUT2D eigenvalue weighted by Gasteiger charge is -2.61. The van der Waals surface area contributed by atoms with Gasteiger partial charge in [0.15, 0.2) is 0 Å². The van der Waals surface area contributed by atoms with Gasteiger partial charge < -0.3 is 4.74 Å². The van der Waals surface area contributed by atoms with Crippen LogP contribution in [0.2, 0.25) is 0 Å². The van der Waals surface area contributed by atoms with Crippen molar-refractivity contribution < 1.29 is 9.53 Å². The fourth-order valence-electron chi connectivity index (χ4n) is 8.40. The maximum absolute atomic E-state index is 12.2. The van der Waals surface area contributed by atoms with Gasteiger partial charge in [0, 0.05) is 19.6 Å². The lowest BCUT2D eigenvalue weighted by molar-refractivity contribution is -0.136. The topological polar surface area (TPSA) is 26.3 Å². The summed E-state index contributed by atoms with van der Waals surface area (Å²) in [6.45, 7) is 7.91. The van der Waals surface area contributed by atoms with Crippen molar-refractivity contribution in [2.24, 2.45) is 46.3 Å². The van der Waals surface area contributed by atoms with Gasteiger partial charge in [0.1, 0.15) is 5.78 Å². The highest BCUT2D eigenvalue weighted by Crippen LogP contribution is 2.67. The van der Waals surface area contributed by atoms with Crippen LogP contribution >= 0.6 is 0 Å². The van der Waals surface area contributed by atoms with E-state index in [0.717, 1.165) is 42.6 Å². The number of Topliss-reactive ketones (excluding diaryl/α,β-unsaturated/α-hetero) is 1. The monoisotopic (exact) mass is 346 g/mol. The Morgan fingerprint density at radius 3 is 2.40 bits per heavy atom. The zero-order valence-electron chi connectivity index (χ0n) is 16.9. The van der Waals surface area contributed by atoms with Crippen LogP contribution in [0.5, 0.6) is 0 Å². The van der Waals surface area contributed by atoms with Crippen LogP contribution in [0, 0.1) is 46.3 Å². The minimum atomic E-state index is 0.309. The van der Waals surface area contributed by atoms with Gasteiger partial charge in [0.25, 0.3) is 0 Å². The smallest absolute Gasteiger partial charge is 0.133 e. The van der Waals surface area contributed by atoms with Crippen LogP contribution < -0.4 is 0 Å². The zero-order valence-corrected chi connectivity index (χ0v) is 16.9. The predicted molar refractivity (Wildman–Crippen MR) is 101 cm³/mol. The molecule has 4 rings (SSSR count). The van der Waals surface area contributed by atoms with Gasteiger partial charge in [-0.25, -0.2) is 0 Å². The predicted octanol–water partition coefficient (Wildman–Crippen LogP) is 5.50. The molecule has 2 heteroatoms. The summed E-state index contributed by atoms with van der Waals surface area (Å²) >= 11 is 0. The average Bonchev–Trinajstić information content (AvgIpc) is 2.93. The first-order valence-electron chi connectivity index (χ1n) is 10.9. The second-order valence-electron chi connectivity index (χ2n) is 10.5. The second-order valence-corrected chi connectivity index (χ2v) is 10.5. The molecule has 0 bridgehead atoms. The molecule has 0 saturated heterocycles. The Balaban J connectivity index is 1.55. The van der Waals surface area contributed by atoms with Crippen molar-refractivity contribution in [2.75, 3.05) is 13.7 Å². The van der Waals surface area contributed by atoms with Crippen LogP contribution in [0.15, 0.2) is 0 Å². The summed E-state index contributed by atoms with van der Waals surface area (Å²) in [5.74, 6) is 5.14. The maximum atomic E-state index is 12.2. The molecule has 0 amide bonds. The highest BCUT2D eigenvalue weighted by atomic mass is 16.5. The van der Waals surface area contributed by atoms with Gasteiger partial charge in [-0.2, -0.15) is 0 Å². The molecule has 142 valence electrons. The molecule has 0 radical (unpaired) electrons. The molecule has 0 heterocycles. The maximum Gasteiger partial charge on any atom is 0.133 e. The normalized spacial score (nSPS) is 52.2. The summed E-state index contributed by atoms with van der Waals surface area (Å²) in [5.41, 5.74) is 0.867. The molecule has 0 spiro atoms. The lowest BCUT2D eigenvalue weighted by Crippen LogP contribution is -2.54. The van der Waals surface area contributed by atoms with Crippen molar-refractivity contribution in [3.05, 3.63) is 0 Å². The summed E-state index contributed by atoms with van der Waals surface area (Å²) in [4.78, 5) is 12.2.